The monoisotopic (exact) mass is 208 g/mol. The number of halogens is 3. The van der Waals surface area contributed by atoms with E-state index in [-0.39, 0.29) is 17.3 Å². The number of aromatic nitrogens is 1. The molecular formula is C7H7ClF2N2O. The molecule has 0 saturated carbocycles. The molecule has 13 heavy (non-hydrogen) atoms. The quantitative estimate of drug-likeness (QED) is 0.780. The Balaban J connectivity index is 3.30. The number of nitrogens with zero attached hydrogens (tertiary/aromatic N) is 1. The zero-order valence-corrected chi connectivity index (χ0v) is 7.22. The minimum Gasteiger partial charge on any atom is -0.505 e. The molecular weight excluding hydrogens is 202 g/mol. The van der Waals surface area contributed by atoms with Gasteiger partial charge in [0.25, 0.3) is 6.43 Å². The summed E-state index contributed by atoms with van der Waals surface area (Å²) in [6.45, 7) is -0.108. The van der Waals surface area contributed by atoms with Gasteiger partial charge in [0, 0.05) is 12.7 Å². The van der Waals surface area contributed by atoms with E-state index < -0.39 is 17.7 Å². The van der Waals surface area contributed by atoms with Crippen LogP contribution in [-0.4, -0.2) is 10.1 Å². The zero-order valence-electron chi connectivity index (χ0n) is 6.47. The second kappa shape index (κ2) is 3.85. The Labute approximate surface area is 78.1 Å². The molecule has 0 saturated heterocycles. The number of rotatable bonds is 2. The summed E-state index contributed by atoms with van der Waals surface area (Å²) in [6, 6.07) is 0. The van der Waals surface area contributed by atoms with Gasteiger partial charge in [0.15, 0.2) is 0 Å². The van der Waals surface area contributed by atoms with Crippen LogP contribution in [0.3, 0.4) is 0 Å². The smallest absolute Gasteiger partial charge is 0.268 e. The highest BCUT2D eigenvalue weighted by Crippen LogP contribution is 2.35. The van der Waals surface area contributed by atoms with Crippen LogP contribution in [-0.2, 0) is 6.54 Å². The van der Waals surface area contributed by atoms with Gasteiger partial charge in [-0.3, -0.25) is 4.98 Å². The van der Waals surface area contributed by atoms with E-state index in [0.717, 1.165) is 6.20 Å². The van der Waals surface area contributed by atoms with Crippen LogP contribution in [0.15, 0.2) is 6.20 Å². The number of hydrogen-bond acceptors (Lipinski definition) is 3. The summed E-state index contributed by atoms with van der Waals surface area (Å²) >= 11 is 5.41. The minimum atomic E-state index is -2.83. The van der Waals surface area contributed by atoms with Gasteiger partial charge < -0.3 is 10.8 Å². The van der Waals surface area contributed by atoms with Crippen molar-refractivity contribution in [2.24, 2.45) is 5.73 Å². The Bertz CT molecular complexity index is 320. The minimum absolute atomic E-state index is 0.0136. The van der Waals surface area contributed by atoms with Gasteiger partial charge in [0.05, 0.1) is 16.3 Å². The summed E-state index contributed by atoms with van der Waals surface area (Å²) in [5.74, 6) is -0.620. The van der Waals surface area contributed by atoms with Gasteiger partial charge in [0.2, 0.25) is 0 Å². The standard InChI is InChI=1S/C7H7ClF2N2O/c8-3-2-12-4(1-11)6(13)5(3)7(9)10/h2,7,13H,1,11H2. The lowest BCUT2D eigenvalue weighted by atomic mass is 10.2. The summed E-state index contributed by atoms with van der Waals surface area (Å²) in [7, 11) is 0. The summed E-state index contributed by atoms with van der Waals surface area (Å²) in [6.07, 6.45) is -1.79. The zero-order chi connectivity index (χ0) is 10.0. The van der Waals surface area contributed by atoms with Crippen molar-refractivity contribution in [1.29, 1.82) is 0 Å². The maximum atomic E-state index is 12.3. The highest BCUT2D eigenvalue weighted by molar-refractivity contribution is 6.31. The normalized spacial score (nSPS) is 10.8. The summed E-state index contributed by atoms with van der Waals surface area (Å²) in [4.78, 5) is 3.60. The SMILES string of the molecule is NCc1ncc(Cl)c(C(F)F)c1O. The van der Waals surface area contributed by atoms with Crippen LogP contribution in [0.1, 0.15) is 17.7 Å². The molecule has 3 nitrogen and oxygen atoms in total. The van der Waals surface area contributed by atoms with E-state index in [1.807, 2.05) is 0 Å². The fourth-order valence-corrected chi connectivity index (χ4v) is 1.11. The molecule has 0 aliphatic heterocycles. The molecule has 0 atom stereocenters. The summed E-state index contributed by atoms with van der Waals surface area (Å²) < 4.78 is 24.6. The third kappa shape index (κ3) is 1.87. The lowest BCUT2D eigenvalue weighted by molar-refractivity contribution is 0.147. The molecule has 1 aromatic heterocycles. The Morgan fingerprint density at radius 1 is 1.62 bits per heavy atom. The van der Waals surface area contributed by atoms with Crippen molar-refractivity contribution >= 4 is 11.6 Å². The predicted octanol–water partition coefficient (Wildman–Crippen LogP) is 1.84. The van der Waals surface area contributed by atoms with E-state index in [4.69, 9.17) is 17.3 Å². The first-order valence-electron chi connectivity index (χ1n) is 3.42. The molecule has 3 N–H and O–H groups in total. The van der Waals surface area contributed by atoms with Crippen molar-refractivity contribution in [3.05, 3.63) is 22.5 Å². The molecule has 0 aliphatic rings. The molecule has 0 aliphatic carbocycles. The highest BCUT2D eigenvalue weighted by Gasteiger charge is 2.20. The molecule has 0 aromatic carbocycles. The van der Waals surface area contributed by atoms with Crippen LogP contribution >= 0.6 is 11.6 Å². The molecule has 1 rings (SSSR count). The number of aromatic hydroxyl groups is 1. The third-order valence-corrected chi connectivity index (χ3v) is 1.83. The summed E-state index contributed by atoms with van der Waals surface area (Å²) in [5.41, 5.74) is 4.56. The van der Waals surface area contributed by atoms with Crippen LogP contribution in [0.5, 0.6) is 5.75 Å². The van der Waals surface area contributed by atoms with Crippen LogP contribution in [0.2, 0.25) is 5.02 Å². The summed E-state index contributed by atoms with van der Waals surface area (Å²) in [5, 5.41) is 8.97. The largest absolute Gasteiger partial charge is 0.505 e. The first kappa shape index (κ1) is 10.1. The van der Waals surface area contributed by atoms with Gasteiger partial charge in [-0.05, 0) is 0 Å². The average Bonchev–Trinajstić information content (AvgIpc) is 2.04. The topological polar surface area (TPSA) is 59.1 Å². The molecule has 0 radical (unpaired) electrons. The van der Waals surface area contributed by atoms with Crippen molar-refractivity contribution in [3.8, 4) is 5.75 Å². The molecule has 0 spiro atoms. The molecule has 1 heterocycles. The van der Waals surface area contributed by atoms with Crippen LogP contribution in [0.25, 0.3) is 0 Å². The van der Waals surface area contributed by atoms with Crippen LogP contribution < -0.4 is 5.73 Å². The molecule has 0 bridgehead atoms. The fraction of sp³-hybridized carbons (Fsp3) is 0.286. The second-order valence-corrected chi connectivity index (χ2v) is 2.73. The number of pyridine rings is 1. The lowest BCUT2D eigenvalue weighted by Gasteiger charge is -2.08. The van der Waals surface area contributed by atoms with E-state index in [1.165, 1.54) is 0 Å². The van der Waals surface area contributed by atoms with Gasteiger partial charge in [-0.2, -0.15) is 0 Å². The molecule has 0 unspecified atom stereocenters. The van der Waals surface area contributed by atoms with E-state index in [1.54, 1.807) is 0 Å². The number of hydrogen-bond donors (Lipinski definition) is 2. The molecule has 0 fully saturated rings. The highest BCUT2D eigenvalue weighted by atomic mass is 35.5. The fourth-order valence-electron chi connectivity index (χ4n) is 0.891. The van der Waals surface area contributed by atoms with Gasteiger partial charge >= 0.3 is 0 Å². The Kier molecular flexibility index (Phi) is 3.00. The van der Waals surface area contributed by atoms with Crippen molar-refractivity contribution < 1.29 is 13.9 Å². The average molecular weight is 209 g/mol. The molecule has 0 amide bonds. The number of alkyl halides is 2. The van der Waals surface area contributed by atoms with Crippen LogP contribution in [0, 0.1) is 0 Å². The Hall–Kier alpha value is -0.940. The van der Waals surface area contributed by atoms with Crippen molar-refractivity contribution in [3.63, 3.8) is 0 Å². The molecule has 6 heteroatoms. The van der Waals surface area contributed by atoms with E-state index in [2.05, 4.69) is 4.98 Å². The predicted molar refractivity (Wildman–Crippen MR) is 43.8 cm³/mol. The van der Waals surface area contributed by atoms with Gasteiger partial charge in [-0.25, -0.2) is 8.78 Å². The first-order chi connectivity index (χ1) is 6.07. The van der Waals surface area contributed by atoms with Gasteiger partial charge in [-0.1, -0.05) is 11.6 Å². The Morgan fingerprint density at radius 3 is 2.69 bits per heavy atom. The number of nitrogens with two attached hydrogens (primary N) is 1. The maximum Gasteiger partial charge on any atom is 0.268 e. The van der Waals surface area contributed by atoms with E-state index >= 15 is 0 Å². The van der Waals surface area contributed by atoms with Crippen molar-refractivity contribution in [2.45, 2.75) is 13.0 Å². The van der Waals surface area contributed by atoms with Crippen molar-refractivity contribution in [2.75, 3.05) is 0 Å². The van der Waals surface area contributed by atoms with Gasteiger partial charge in [0.1, 0.15) is 5.75 Å². The first-order valence-corrected chi connectivity index (χ1v) is 3.80. The van der Waals surface area contributed by atoms with E-state index in [9.17, 15) is 13.9 Å². The van der Waals surface area contributed by atoms with E-state index in [0.29, 0.717) is 0 Å². The molecule has 72 valence electrons. The maximum absolute atomic E-state index is 12.3. The third-order valence-electron chi connectivity index (χ3n) is 1.53. The lowest BCUT2D eigenvalue weighted by Crippen LogP contribution is -2.02. The van der Waals surface area contributed by atoms with Gasteiger partial charge in [-0.15, -0.1) is 0 Å². The molecule has 1 aromatic rings. The van der Waals surface area contributed by atoms with Crippen molar-refractivity contribution in [1.82, 2.24) is 4.98 Å². The van der Waals surface area contributed by atoms with Crippen LogP contribution in [0.4, 0.5) is 8.78 Å². The Morgan fingerprint density at radius 2 is 2.23 bits per heavy atom. The second-order valence-electron chi connectivity index (χ2n) is 2.32.